The van der Waals surface area contributed by atoms with Crippen molar-refractivity contribution in [2.75, 3.05) is 39.3 Å². The number of nitrogens with one attached hydrogen (secondary N) is 2. The molecule has 3 rings (SSSR count). The van der Waals surface area contributed by atoms with Crippen LogP contribution in [-0.4, -0.2) is 72.3 Å². The fraction of sp³-hybridized carbons (Fsp3) is 0.625. The van der Waals surface area contributed by atoms with Gasteiger partial charge in [-0.1, -0.05) is 30.3 Å². The number of guanidine groups is 1. The minimum atomic E-state index is -0.110. The van der Waals surface area contributed by atoms with E-state index in [2.05, 4.69) is 58.2 Å². The zero-order chi connectivity index (χ0) is 21.2. The van der Waals surface area contributed by atoms with Crippen LogP contribution in [0.2, 0.25) is 0 Å². The highest BCUT2D eigenvalue weighted by atomic mass is 16.3. The molecule has 0 atom stereocenters. The summed E-state index contributed by atoms with van der Waals surface area (Å²) >= 11 is 0. The van der Waals surface area contributed by atoms with Crippen LogP contribution in [0.5, 0.6) is 0 Å². The molecule has 6 heteroatoms. The Morgan fingerprint density at radius 1 is 1.07 bits per heavy atom. The van der Waals surface area contributed by atoms with Crippen LogP contribution in [0.15, 0.2) is 41.9 Å². The quantitative estimate of drug-likeness (QED) is 0.347. The average molecular weight is 414 g/mol. The SMILES string of the molecule is C=CCN1CCC(NC(=NCc2ccc(CN3CCC(O)CC3)cc2)NCC)CC1. The van der Waals surface area contributed by atoms with Crippen molar-refractivity contribution in [1.29, 1.82) is 0 Å². The molecule has 0 unspecified atom stereocenters. The Balaban J connectivity index is 1.47. The maximum atomic E-state index is 9.65. The maximum absolute atomic E-state index is 9.65. The van der Waals surface area contributed by atoms with Crippen LogP contribution in [0.3, 0.4) is 0 Å². The van der Waals surface area contributed by atoms with Crippen LogP contribution in [0.25, 0.3) is 0 Å². The normalized spacial score (nSPS) is 20.3. The highest BCUT2D eigenvalue weighted by molar-refractivity contribution is 5.80. The third-order valence-electron chi connectivity index (χ3n) is 6.07. The van der Waals surface area contributed by atoms with Crippen molar-refractivity contribution < 1.29 is 5.11 Å². The Kier molecular flexibility index (Phi) is 9.18. The Hall–Kier alpha value is -1.89. The Morgan fingerprint density at radius 3 is 2.33 bits per heavy atom. The number of nitrogens with zero attached hydrogens (tertiary/aromatic N) is 3. The summed E-state index contributed by atoms with van der Waals surface area (Å²) in [5, 5.41) is 16.7. The van der Waals surface area contributed by atoms with Crippen molar-refractivity contribution in [3.05, 3.63) is 48.0 Å². The third kappa shape index (κ3) is 7.42. The average Bonchev–Trinajstić information content (AvgIpc) is 2.76. The van der Waals surface area contributed by atoms with E-state index in [1.807, 2.05) is 6.08 Å². The second kappa shape index (κ2) is 12.1. The molecule has 1 aromatic rings. The molecule has 2 fully saturated rings. The standard InChI is InChI=1S/C24H39N5O/c1-3-13-28-14-9-22(10-15-28)27-24(25-4-2)26-18-20-5-7-21(8-6-20)19-29-16-11-23(30)12-17-29/h3,5-8,22-23,30H,1,4,9-19H2,2H3,(H2,25,26,27). The van der Waals surface area contributed by atoms with Gasteiger partial charge in [0.1, 0.15) is 0 Å². The van der Waals surface area contributed by atoms with E-state index in [4.69, 9.17) is 4.99 Å². The summed E-state index contributed by atoms with van der Waals surface area (Å²) in [5.74, 6) is 0.913. The van der Waals surface area contributed by atoms with Gasteiger partial charge in [-0.05, 0) is 43.7 Å². The highest BCUT2D eigenvalue weighted by Crippen LogP contribution is 2.15. The van der Waals surface area contributed by atoms with Gasteiger partial charge in [-0.15, -0.1) is 6.58 Å². The Labute approximate surface area is 182 Å². The number of aliphatic hydroxyl groups is 1. The van der Waals surface area contributed by atoms with Gasteiger partial charge in [0.25, 0.3) is 0 Å². The van der Waals surface area contributed by atoms with Gasteiger partial charge in [0.15, 0.2) is 5.96 Å². The number of hydrogen-bond acceptors (Lipinski definition) is 4. The van der Waals surface area contributed by atoms with Crippen LogP contribution in [0.4, 0.5) is 0 Å². The summed E-state index contributed by atoms with van der Waals surface area (Å²) in [6, 6.07) is 9.29. The molecule has 6 nitrogen and oxygen atoms in total. The molecule has 2 aliphatic heterocycles. The fourth-order valence-corrected chi connectivity index (χ4v) is 4.21. The van der Waals surface area contributed by atoms with Crippen molar-refractivity contribution in [2.45, 2.75) is 57.8 Å². The molecule has 0 amide bonds. The molecule has 2 aliphatic rings. The topological polar surface area (TPSA) is 63.1 Å². The second-order valence-corrected chi connectivity index (χ2v) is 8.53. The van der Waals surface area contributed by atoms with E-state index in [9.17, 15) is 5.11 Å². The van der Waals surface area contributed by atoms with E-state index in [1.54, 1.807) is 0 Å². The van der Waals surface area contributed by atoms with Gasteiger partial charge in [0.2, 0.25) is 0 Å². The summed E-state index contributed by atoms with van der Waals surface area (Å²) in [5.41, 5.74) is 2.56. The smallest absolute Gasteiger partial charge is 0.191 e. The minimum absolute atomic E-state index is 0.110. The number of piperidine rings is 2. The van der Waals surface area contributed by atoms with Gasteiger partial charge >= 0.3 is 0 Å². The number of aliphatic imine (C=N–C) groups is 1. The largest absolute Gasteiger partial charge is 0.393 e. The molecule has 1 aromatic carbocycles. The van der Waals surface area contributed by atoms with Gasteiger partial charge in [0.05, 0.1) is 12.6 Å². The lowest BCUT2D eigenvalue weighted by molar-refractivity contribution is 0.0792. The summed E-state index contributed by atoms with van der Waals surface area (Å²) in [7, 11) is 0. The summed E-state index contributed by atoms with van der Waals surface area (Å²) in [6.45, 7) is 13.6. The first-order valence-corrected chi connectivity index (χ1v) is 11.5. The van der Waals surface area contributed by atoms with E-state index in [0.717, 1.165) is 77.5 Å². The minimum Gasteiger partial charge on any atom is -0.393 e. The first-order chi connectivity index (χ1) is 14.7. The summed E-state index contributed by atoms with van der Waals surface area (Å²) in [4.78, 5) is 9.68. The van der Waals surface area contributed by atoms with E-state index in [1.165, 1.54) is 11.1 Å². The van der Waals surface area contributed by atoms with Gasteiger partial charge in [-0.25, -0.2) is 4.99 Å². The molecule has 0 aliphatic carbocycles. The predicted octanol–water partition coefficient (Wildman–Crippen LogP) is 2.35. The third-order valence-corrected chi connectivity index (χ3v) is 6.07. The van der Waals surface area contributed by atoms with E-state index in [0.29, 0.717) is 12.6 Å². The van der Waals surface area contributed by atoms with Gasteiger partial charge in [-0.3, -0.25) is 9.80 Å². The molecular weight excluding hydrogens is 374 g/mol. The monoisotopic (exact) mass is 413 g/mol. The predicted molar refractivity (Wildman–Crippen MR) is 125 cm³/mol. The first kappa shape index (κ1) is 22.8. The Bertz CT molecular complexity index is 659. The van der Waals surface area contributed by atoms with Crippen molar-refractivity contribution >= 4 is 5.96 Å². The van der Waals surface area contributed by atoms with E-state index < -0.39 is 0 Å². The van der Waals surface area contributed by atoms with Crippen LogP contribution < -0.4 is 10.6 Å². The number of benzene rings is 1. The lowest BCUT2D eigenvalue weighted by atomic mass is 10.1. The second-order valence-electron chi connectivity index (χ2n) is 8.53. The van der Waals surface area contributed by atoms with Crippen molar-refractivity contribution in [3.8, 4) is 0 Å². The maximum Gasteiger partial charge on any atom is 0.191 e. The highest BCUT2D eigenvalue weighted by Gasteiger charge is 2.19. The molecule has 0 bridgehead atoms. The molecule has 0 spiro atoms. The Morgan fingerprint density at radius 2 is 1.70 bits per heavy atom. The lowest BCUT2D eigenvalue weighted by Gasteiger charge is -2.32. The van der Waals surface area contributed by atoms with Crippen LogP contribution in [0.1, 0.15) is 43.7 Å². The zero-order valence-corrected chi connectivity index (χ0v) is 18.5. The summed E-state index contributed by atoms with van der Waals surface area (Å²) < 4.78 is 0. The lowest BCUT2D eigenvalue weighted by Crippen LogP contribution is -2.48. The molecule has 2 saturated heterocycles. The van der Waals surface area contributed by atoms with Crippen molar-refractivity contribution in [2.24, 2.45) is 4.99 Å². The number of aliphatic hydroxyl groups excluding tert-OH is 1. The summed E-state index contributed by atoms with van der Waals surface area (Å²) in [6.07, 6.45) is 5.93. The molecular formula is C24H39N5O. The molecule has 30 heavy (non-hydrogen) atoms. The molecule has 0 radical (unpaired) electrons. The molecule has 0 saturated carbocycles. The first-order valence-electron chi connectivity index (χ1n) is 11.5. The van der Waals surface area contributed by atoms with Crippen LogP contribution >= 0.6 is 0 Å². The van der Waals surface area contributed by atoms with E-state index >= 15 is 0 Å². The van der Waals surface area contributed by atoms with Crippen molar-refractivity contribution in [1.82, 2.24) is 20.4 Å². The number of rotatable bonds is 8. The zero-order valence-electron chi connectivity index (χ0n) is 18.5. The van der Waals surface area contributed by atoms with Gasteiger partial charge < -0.3 is 15.7 Å². The molecule has 3 N–H and O–H groups in total. The van der Waals surface area contributed by atoms with Crippen LogP contribution in [0, 0.1) is 0 Å². The molecule has 0 aromatic heterocycles. The fourth-order valence-electron chi connectivity index (χ4n) is 4.21. The van der Waals surface area contributed by atoms with Gasteiger partial charge in [-0.2, -0.15) is 0 Å². The van der Waals surface area contributed by atoms with Crippen molar-refractivity contribution in [3.63, 3.8) is 0 Å². The van der Waals surface area contributed by atoms with E-state index in [-0.39, 0.29) is 6.10 Å². The molecule has 166 valence electrons. The van der Waals surface area contributed by atoms with Crippen LogP contribution in [-0.2, 0) is 13.1 Å². The van der Waals surface area contributed by atoms with Gasteiger partial charge in [0, 0.05) is 51.9 Å². The number of likely N-dealkylation sites (tertiary alicyclic amines) is 2. The number of hydrogen-bond donors (Lipinski definition) is 3. The molecule has 2 heterocycles.